The van der Waals surface area contributed by atoms with Crippen LogP contribution in [0.25, 0.3) is 0 Å². The molecule has 212 valence electrons. The zero-order chi connectivity index (χ0) is 26.6. The van der Waals surface area contributed by atoms with Crippen molar-refractivity contribution in [3.05, 3.63) is 11.6 Å². The minimum atomic E-state index is 0.482. The Bertz CT molecular complexity index is 778. The van der Waals surface area contributed by atoms with Crippen molar-refractivity contribution < 1.29 is 4.79 Å². The summed E-state index contributed by atoms with van der Waals surface area (Å²) in [5.41, 5.74) is 2.97. The fourth-order valence-electron chi connectivity index (χ4n) is 10.3. The Morgan fingerprint density at radius 1 is 0.919 bits per heavy atom. The summed E-state index contributed by atoms with van der Waals surface area (Å²) < 4.78 is 0. The molecule has 0 N–H and O–H groups in total. The van der Waals surface area contributed by atoms with Gasteiger partial charge in [0, 0.05) is 12.8 Å². The lowest BCUT2D eigenvalue weighted by molar-refractivity contribution is -0.119. The summed E-state index contributed by atoms with van der Waals surface area (Å²) in [5, 5.41) is 0. The van der Waals surface area contributed by atoms with Crippen molar-refractivity contribution in [2.45, 2.75) is 157 Å². The van der Waals surface area contributed by atoms with E-state index in [1.165, 1.54) is 89.9 Å². The van der Waals surface area contributed by atoms with E-state index in [0.717, 1.165) is 67.1 Å². The number of unbranched alkanes of at least 4 members (excludes halogenated alkanes) is 2. The number of hydrogen-bond donors (Lipinski definition) is 0. The van der Waals surface area contributed by atoms with Crippen molar-refractivity contribution in [2.24, 2.45) is 52.3 Å². The Hall–Kier alpha value is -0.590. The third kappa shape index (κ3) is 6.43. The molecule has 1 heteroatoms. The highest BCUT2D eigenvalue weighted by Gasteiger charge is 2.59. The van der Waals surface area contributed by atoms with Crippen LogP contribution in [0.1, 0.15) is 157 Å². The van der Waals surface area contributed by atoms with Gasteiger partial charge in [0.05, 0.1) is 0 Å². The first kappa shape index (κ1) is 29.4. The molecule has 3 saturated carbocycles. The van der Waals surface area contributed by atoms with Crippen LogP contribution in [0.5, 0.6) is 0 Å². The second-order valence-corrected chi connectivity index (χ2v) is 15.3. The summed E-state index contributed by atoms with van der Waals surface area (Å²) >= 11 is 0. The number of rotatable bonds is 13. The monoisotopic (exact) mass is 510 g/mol. The summed E-state index contributed by atoms with van der Waals surface area (Å²) in [6.07, 6.45) is 26.5. The van der Waals surface area contributed by atoms with E-state index < -0.39 is 0 Å². The molecule has 0 amide bonds. The molecule has 0 saturated heterocycles. The molecule has 5 unspecified atom stereocenters. The van der Waals surface area contributed by atoms with Gasteiger partial charge in [-0.1, -0.05) is 91.7 Å². The first-order valence-corrected chi connectivity index (χ1v) is 16.9. The summed E-state index contributed by atoms with van der Waals surface area (Å²) in [7, 11) is 0. The Labute approximate surface area is 231 Å². The molecule has 0 aromatic carbocycles. The van der Waals surface area contributed by atoms with Crippen LogP contribution in [0, 0.1) is 52.3 Å². The highest BCUT2D eigenvalue weighted by atomic mass is 16.1. The molecule has 0 radical (unpaired) electrons. The van der Waals surface area contributed by atoms with E-state index in [1.807, 2.05) is 5.57 Å². The van der Waals surface area contributed by atoms with E-state index in [2.05, 4.69) is 47.6 Å². The molecular weight excluding hydrogens is 448 g/mol. The highest BCUT2D eigenvalue weighted by Crippen LogP contribution is 2.67. The smallest absolute Gasteiger partial charge is 0.132 e. The maximum atomic E-state index is 11.8. The number of Topliss-reactive ketones (excluding diaryl/α,β-unsaturated/α-hetero) is 1. The van der Waals surface area contributed by atoms with Crippen LogP contribution in [0.3, 0.4) is 0 Å². The van der Waals surface area contributed by atoms with Gasteiger partial charge in [-0.3, -0.25) is 4.79 Å². The fourth-order valence-corrected chi connectivity index (χ4v) is 10.3. The third-order valence-electron chi connectivity index (χ3n) is 12.5. The van der Waals surface area contributed by atoms with Gasteiger partial charge in [0.2, 0.25) is 0 Å². The van der Waals surface area contributed by atoms with Gasteiger partial charge in [-0.25, -0.2) is 0 Å². The minimum absolute atomic E-state index is 0.482. The molecule has 0 aromatic heterocycles. The van der Waals surface area contributed by atoms with E-state index in [4.69, 9.17) is 0 Å². The van der Waals surface area contributed by atoms with Gasteiger partial charge in [0.15, 0.2) is 0 Å². The van der Waals surface area contributed by atoms with Crippen molar-refractivity contribution in [2.75, 3.05) is 0 Å². The molecule has 4 aliphatic rings. The summed E-state index contributed by atoms with van der Waals surface area (Å²) in [6, 6.07) is 0. The van der Waals surface area contributed by atoms with Crippen LogP contribution in [0.2, 0.25) is 0 Å². The minimum Gasteiger partial charge on any atom is -0.300 e. The van der Waals surface area contributed by atoms with Crippen LogP contribution >= 0.6 is 0 Å². The summed E-state index contributed by atoms with van der Waals surface area (Å²) in [6.45, 7) is 14.9. The second-order valence-electron chi connectivity index (χ2n) is 15.3. The van der Waals surface area contributed by atoms with Gasteiger partial charge in [0.25, 0.3) is 0 Å². The van der Waals surface area contributed by atoms with Crippen LogP contribution in [-0.2, 0) is 4.79 Å². The molecule has 1 nitrogen and oxygen atoms in total. The van der Waals surface area contributed by atoms with Gasteiger partial charge >= 0.3 is 0 Å². The normalized spacial score (nSPS) is 38.0. The zero-order valence-corrected chi connectivity index (χ0v) is 25.8. The molecule has 0 bridgehead atoms. The molecule has 0 spiro atoms. The Kier molecular flexibility index (Phi) is 10.1. The van der Waals surface area contributed by atoms with Crippen LogP contribution in [0.15, 0.2) is 11.6 Å². The van der Waals surface area contributed by atoms with Gasteiger partial charge in [-0.05, 0) is 116 Å². The molecule has 4 aliphatic carbocycles. The van der Waals surface area contributed by atoms with Crippen molar-refractivity contribution in [3.63, 3.8) is 0 Å². The molecule has 0 heterocycles. The molecular formula is C36H62O. The molecule has 0 aliphatic heterocycles. The maximum absolute atomic E-state index is 11.8. The number of ketones is 1. The van der Waals surface area contributed by atoms with E-state index in [-0.39, 0.29) is 0 Å². The molecule has 4 rings (SSSR count). The second kappa shape index (κ2) is 12.7. The van der Waals surface area contributed by atoms with E-state index in [0.29, 0.717) is 16.6 Å². The number of allylic oxidation sites excluding steroid dienone is 2. The quantitative estimate of drug-likeness (QED) is 0.178. The predicted octanol–water partition coefficient (Wildman–Crippen LogP) is 11.0. The largest absolute Gasteiger partial charge is 0.300 e. The Morgan fingerprint density at radius 2 is 1.73 bits per heavy atom. The molecule has 8 atom stereocenters. The summed E-state index contributed by atoms with van der Waals surface area (Å²) in [4.78, 5) is 11.8. The lowest BCUT2D eigenvalue weighted by atomic mass is 9.46. The van der Waals surface area contributed by atoms with Crippen molar-refractivity contribution in [3.8, 4) is 0 Å². The van der Waals surface area contributed by atoms with Crippen LogP contribution in [0.4, 0.5) is 0 Å². The first-order valence-electron chi connectivity index (χ1n) is 16.9. The average Bonchev–Trinajstić information content (AvgIpc) is 3.21. The SMILES string of the molecule is CCCC(=O)CCCCC[C@H]1CCC2(C)C(=CC[C@@H]3C2CCC2(C)C3CCC2[C@H](C)CCCC(C)C)C1. The first-order chi connectivity index (χ1) is 17.7. The van der Waals surface area contributed by atoms with E-state index in [1.54, 1.807) is 0 Å². The lowest BCUT2D eigenvalue weighted by Crippen LogP contribution is -2.50. The third-order valence-corrected chi connectivity index (χ3v) is 12.5. The van der Waals surface area contributed by atoms with E-state index >= 15 is 0 Å². The summed E-state index contributed by atoms with van der Waals surface area (Å²) in [5.74, 6) is 7.01. The topological polar surface area (TPSA) is 17.1 Å². The number of hydrogen-bond acceptors (Lipinski definition) is 1. The number of carbonyl (C=O) groups excluding carboxylic acids is 1. The molecule has 0 aromatic rings. The average molecular weight is 511 g/mol. The number of fused-ring (bicyclic) bond motifs is 5. The van der Waals surface area contributed by atoms with Crippen molar-refractivity contribution in [1.82, 2.24) is 0 Å². The van der Waals surface area contributed by atoms with Crippen LogP contribution in [-0.4, -0.2) is 5.78 Å². The predicted molar refractivity (Wildman–Crippen MR) is 160 cm³/mol. The Balaban J connectivity index is 1.31. The fraction of sp³-hybridized carbons (Fsp3) is 0.917. The standard InChI is InChI=1S/C36H62O/c1-7-12-30(37)16-10-8-9-15-28-21-23-35(5)29(25-28)17-18-31-33-20-19-32(27(4)14-11-13-26(2)3)36(33,6)24-22-34(31)35/h17,26-28,31-34H,7-16,18-25H2,1-6H3/t27-,28+,31+,32?,33?,34?,35?,36?/m1/s1. The van der Waals surface area contributed by atoms with Gasteiger partial charge in [-0.2, -0.15) is 0 Å². The van der Waals surface area contributed by atoms with Crippen LogP contribution < -0.4 is 0 Å². The molecule has 3 fully saturated rings. The van der Waals surface area contributed by atoms with Crippen molar-refractivity contribution in [1.29, 1.82) is 0 Å². The number of carbonyl (C=O) groups is 1. The Morgan fingerprint density at radius 3 is 2.49 bits per heavy atom. The lowest BCUT2D eigenvalue weighted by Gasteiger charge is -2.58. The highest BCUT2D eigenvalue weighted by molar-refractivity contribution is 5.78. The van der Waals surface area contributed by atoms with Gasteiger partial charge in [-0.15, -0.1) is 0 Å². The van der Waals surface area contributed by atoms with Gasteiger partial charge < -0.3 is 0 Å². The van der Waals surface area contributed by atoms with Gasteiger partial charge in [0.1, 0.15) is 5.78 Å². The maximum Gasteiger partial charge on any atom is 0.132 e. The van der Waals surface area contributed by atoms with Crippen molar-refractivity contribution >= 4 is 5.78 Å². The zero-order valence-electron chi connectivity index (χ0n) is 25.8. The van der Waals surface area contributed by atoms with E-state index in [9.17, 15) is 4.79 Å². The molecule has 37 heavy (non-hydrogen) atoms.